The largest absolute Gasteiger partial charge is 0.364 e. The van der Waals surface area contributed by atoms with Crippen LogP contribution in [-0.4, -0.2) is 26.2 Å². The predicted molar refractivity (Wildman–Crippen MR) is 99.1 cm³/mol. The molecular weight excluding hydrogens is 402 g/mol. The zero-order valence-electron chi connectivity index (χ0n) is 13.4. The Bertz CT molecular complexity index is 1020. The quantitative estimate of drug-likeness (QED) is 0.657. The Labute approximate surface area is 156 Å². The number of amides is 2. The minimum Gasteiger partial charge on any atom is -0.364 e. The minimum atomic E-state index is -0.601. The third-order valence-corrected chi connectivity index (χ3v) is 3.99. The Kier molecular flexibility index (Phi) is 4.99. The highest BCUT2D eigenvalue weighted by Crippen LogP contribution is 2.13. The van der Waals surface area contributed by atoms with Crippen LogP contribution in [0.4, 0.5) is 5.69 Å². The van der Waals surface area contributed by atoms with E-state index in [1.54, 1.807) is 42.7 Å². The molecule has 0 bridgehead atoms. The number of benzene rings is 1. The third-order valence-electron chi connectivity index (χ3n) is 3.52. The zero-order chi connectivity index (χ0) is 18.7. The lowest BCUT2D eigenvalue weighted by Gasteiger charge is -2.08. The number of nitrogens with zero attached hydrogens (tertiary/aromatic N) is 3. The Balaban J connectivity index is 1.68. The van der Waals surface area contributed by atoms with Crippen molar-refractivity contribution >= 4 is 33.4 Å². The maximum Gasteiger partial charge on any atom is 0.269 e. The van der Waals surface area contributed by atoms with Crippen LogP contribution in [0.5, 0.6) is 0 Å². The zero-order valence-corrected chi connectivity index (χ0v) is 15.0. The molecule has 0 aliphatic rings. The molecule has 0 fully saturated rings. The van der Waals surface area contributed by atoms with E-state index in [4.69, 9.17) is 5.73 Å². The number of hydrogen-bond donors (Lipinski definition) is 2. The number of primary amides is 1. The number of pyridine rings is 1. The fourth-order valence-corrected chi connectivity index (χ4v) is 2.66. The van der Waals surface area contributed by atoms with Gasteiger partial charge in [-0.05, 0) is 52.3 Å². The van der Waals surface area contributed by atoms with Gasteiger partial charge in [-0.2, -0.15) is 5.10 Å². The van der Waals surface area contributed by atoms with E-state index in [2.05, 4.69) is 26.3 Å². The van der Waals surface area contributed by atoms with Crippen LogP contribution < -0.4 is 16.6 Å². The molecular formula is C17H14BrN5O3. The molecule has 0 saturated heterocycles. The highest BCUT2D eigenvalue weighted by molar-refractivity contribution is 9.10. The SMILES string of the molecule is NC(=O)c1ccn(-c2ccc(NC(=O)Cn3cc(Br)ccc3=O)cc2)n1. The standard InChI is InChI=1S/C17H14BrN5O3/c18-11-1-6-16(25)22(9-11)10-15(24)20-12-2-4-13(5-3-12)23-8-7-14(21-23)17(19)26/h1-9H,10H2,(H2,19,26)(H,20,24). The average molecular weight is 416 g/mol. The first-order valence-electron chi connectivity index (χ1n) is 7.54. The summed E-state index contributed by atoms with van der Waals surface area (Å²) in [5, 5.41) is 6.78. The molecule has 3 rings (SSSR count). The van der Waals surface area contributed by atoms with Gasteiger partial charge in [0.15, 0.2) is 0 Å². The van der Waals surface area contributed by atoms with Crippen molar-refractivity contribution in [2.45, 2.75) is 6.54 Å². The molecule has 1 aromatic carbocycles. The highest BCUT2D eigenvalue weighted by atomic mass is 79.9. The highest BCUT2D eigenvalue weighted by Gasteiger charge is 2.08. The van der Waals surface area contributed by atoms with E-state index < -0.39 is 5.91 Å². The first kappa shape index (κ1) is 17.6. The van der Waals surface area contributed by atoms with E-state index in [1.165, 1.54) is 21.4 Å². The number of halogens is 1. The van der Waals surface area contributed by atoms with E-state index in [1.807, 2.05) is 0 Å². The molecule has 0 spiro atoms. The summed E-state index contributed by atoms with van der Waals surface area (Å²) in [6.45, 7) is -0.0961. The Morgan fingerprint density at radius 3 is 2.50 bits per heavy atom. The van der Waals surface area contributed by atoms with Gasteiger partial charge in [0, 0.05) is 28.6 Å². The van der Waals surface area contributed by atoms with Gasteiger partial charge in [-0.1, -0.05) is 0 Å². The maximum absolute atomic E-state index is 12.1. The summed E-state index contributed by atoms with van der Waals surface area (Å²) < 4.78 is 3.53. The average Bonchev–Trinajstić information content (AvgIpc) is 3.09. The van der Waals surface area contributed by atoms with Gasteiger partial charge in [-0.15, -0.1) is 0 Å². The number of nitrogens with one attached hydrogen (secondary N) is 1. The van der Waals surface area contributed by atoms with Gasteiger partial charge in [-0.25, -0.2) is 4.68 Å². The van der Waals surface area contributed by atoms with E-state index in [0.717, 1.165) is 0 Å². The van der Waals surface area contributed by atoms with Crippen molar-refractivity contribution in [2.24, 2.45) is 5.73 Å². The number of carbonyl (C=O) groups is 2. The van der Waals surface area contributed by atoms with Crippen molar-refractivity contribution in [3.8, 4) is 5.69 Å². The lowest BCUT2D eigenvalue weighted by atomic mass is 10.3. The number of nitrogens with two attached hydrogens (primary N) is 1. The van der Waals surface area contributed by atoms with E-state index in [-0.39, 0.29) is 23.7 Å². The van der Waals surface area contributed by atoms with Crippen molar-refractivity contribution < 1.29 is 9.59 Å². The molecule has 3 N–H and O–H groups in total. The number of anilines is 1. The van der Waals surface area contributed by atoms with Gasteiger partial charge in [0.1, 0.15) is 12.2 Å². The molecule has 132 valence electrons. The number of rotatable bonds is 5. The summed E-state index contributed by atoms with van der Waals surface area (Å²) in [7, 11) is 0. The molecule has 0 radical (unpaired) electrons. The molecule has 0 aliphatic carbocycles. The van der Waals surface area contributed by atoms with Crippen LogP contribution >= 0.6 is 15.9 Å². The second-order valence-electron chi connectivity index (χ2n) is 5.42. The van der Waals surface area contributed by atoms with Crippen LogP contribution in [0.1, 0.15) is 10.5 Å². The summed E-state index contributed by atoms with van der Waals surface area (Å²) >= 11 is 3.27. The van der Waals surface area contributed by atoms with Gasteiger partial charge >= 0.3 is 0 Å². The summed E-state index contributed by atoms with van der Waals surface area (Å²) in [6.07, 6.45) is 3.17. The third kappa shape index (κ3) is 4.06. The molecule has 9 heteroatoms. The number of aromatic nitrogens is 3. The van der Waals surface area contributed by atoms with Crippen molar-refractivity contribution in [3.63, 3.8) is 0 Å². The Morgan fingerprint density at radius 2 is 1.85 bits per heavy atom. The molecule has 0 unspecified atom stereocenters. The van der Waals surface area contributed by atoms with Gasteiger partial charge in [0.25, 0.3) is 11.5 Å². The first-order valence-corrected chi connectivity index (χ1v) is 8.33. The molecule has 2 heterocycles. The predicted octanol–water partition coefficient (Wildman–Crippen LogP) is 1.53. The lowest BCUT2D eigenvalue weighted by molar-refractivity contribution is -0.116. The van der Waals surface area contributed by atoms with Crippen LogP contribution in [0, 0.1) is 0 Å². The van der Waals surface area contributed by atoms with E-state index in [9.17, 15) is 14.4 Å². The molecule has 0 aliphatic heterocycles. The Morgan fingerprint density at radius 1 is 1.12 bits per heavy atom. The van der Waals surface area contributed by atoms with Gasteiger partial charge < -0.3 is 15.6 Å². The Hall–Kier alpha value is -3.20. The first-order chi connectivity index (χ1) is 12.4. The smallest absolute Gasteiger partial charge is 0.269 e. The molecule has 0 atom stereocenters. The molecule has 0 saturated carbocycles. The normalized spacial score (nSPS) is 10.5. The minimum absolute atomic E-state index is 0.0961. The molecule has 2 aromatic heterocycles. The second kappa shape index (κ2) is 7.36. The van der Waals surface area contributed by atoms with Crippen molar-refractivity contribution in [2.75, 3.05) is 5.32 Å². The number of carbonyl (C=O) groups excluding carboxylic acids is 2. The van der Waals surface area contributed by atoms with Crippen LogP contribution in [0.3, 0.4) is 0 Å². The summed E-state index contributed by atoms with van der Waals surface area (Å²) in [4.78, 5) is 34.9. The van der Waals surface area contributed by atoms with Gasteiger partial charge in [0.2, 0.25) is 5.91 Å². The van der Waals surface area contributed by atoms with Crippen molar-refractivity contribution in [3.05, 3.63) is 75.4 Å². The summed E-state index contributed by atoms with van der Waals surface area (Å²) in [6, 6.07) is 11.4. The van der Waals surface area contributed by atoms with Crippen molar-refractivity contribution in [1.29, 1.82) is 0 Å². The van der Waals surface area contributed by atoms with Crippen LogP contribution in [-0.2, 0) is 11.3 Å². The molecule has 2 amide bonds. The molecule has 8 nitrogen and oxygen atoms in total. The van der Waals surface area contributed by atoms with Crippen molar-refractivity contribution in [1.82, 2.24) is 14.3 Å². The fourth-order valence-electron chi connectivity index (χ4n) is 2.28. The van der Waals surface area contributed by atoms with Crippen LogP contribution in [0.2, 0.25) is 0 Å². The van der Waals surface area contributed by atoms with Gasteiger partial charge in [-0.3, -0.25) is 14.4 Å². The topological polar surface area (TPSA) is 112 Å². The van der Waals surface area contributed by atoms with E-state index >= 15 is 0 Å². The fraction of sp³-hybridized carbons (Fsp3) is 0.0588. The van der Waals surface area contributed by atoms with Gasteiger partial charge in [0.05, 0.1) is 5.69 Å². The molecule has 26 heavy (non-hydrogen) atoms. The number of hydrogen-bond acceptors (Lipinski definition) is 4. The van der Waals surface area contributed by atoms with Crippen LogP contribution in [0.15, 0.2) is 64.1 Å². The monoisotopic (exact) mass is 415 g/mol. The summed E-state index contributed by atoms with van der Waals surface area (Å²) in [5.41, 5.74) is 6.37. The van der Waals surface area contributed by atoms with Crippen LogP contribution in [0.25, 0.3) is 5.69 Å². The maximum atomic E-state index is 12.1. The summed E-state index contributed by atoms with van der Waals surface area (Å²) in [5.74, 6) is -0.927. The molecule has 3 aromatic rings. The second-order valence-corrected chi connectivity index (χ2v) is 6.33. The van der Waals surface area contributed by atoms with E-state index in [0.29, 0.717) is 15.8 Å². The lowest BCUT2D eigenvalue weighted by Crippen LogP contribution is -2.26.